The van der Waals surface area contributed by atoms with Gasteiger partial charge in [0.2, 0.25) is 5.91 Å². The molecule has 0 aromatic heterocycles. The van der Waals surface area contributed by atoms with Crippen LogP contribution in [-0.2, 0) is 4.79 Å². The number of hydrogen-bond acceptors (Lipinski definition) is 5. The SMILES string of the molecule is CC1Sc2ccc(C(=O)Nc3ccc(N4CCN(C)CC4)cc3)cc2NC1=O. The molecule has 2 aliphatic rings. The van der Waals surface area contributed by atoms with E-state index in [0.717, 1.165) is 36.8 Å². The van der Waals surface area contributed by atoms with Gasteiger partial charge in [0, 0.05) is 48.0 Å². The van der Waals surface area contributed by atoms with E-state index < -0.39 is 0 Å². The molecule has 28 heavy (non-hydrogen) atoms. The number of rotatable bonds is 3. The van der Waals surface area contributed by atoms with Gasteiger partial charge in [-0.15, -0.1) is 11.8 Å². The van der Waals surface area contributed by atoms with Crippen LogP contribution >= 0.6 is 11.8 Å². The Hall–Kier alpha value is -2.51. The maximum atomic E-state index is 12.6. The topological polar surface area (TPSA) is 64.7 Å². The molecule has 0 spiro atoms. The highest BCUT2D eigenvalue weighted by atomic mass is 32.2. The third-order valence-corrected chi connectivity index (χ3v) is 6.34. The Labute approximate surface area is 169 Å². The minimum Gasteiger partial charge on any atom is -0.369 e. The van der Waals surface area contributed by atoms with Crippen molar-refractivity contribution in [1.82, 2.24) is 4.90 Å². The summed E-state index contributed by atoms with van der Waals surface area (Å²) in [6.45, 7) is 6.02. The third kappa shape index (κ3) is 4.00. The van der Waals surface area contributed by atoms with E-state index in [9.17, 15) is 9.59 Å². The van der Waals surface area contributed by atoms with Gasteiger partial charge in [0.15, 0.2) is 0 Å². The summed E-state index contributed by atoms with van der Waals surface area (Å²) in [7, 11) is 2.14. The molecule has 1 saturated heterocycles. The lowest BCUT2D eigenvalue weighted by molar-refractivity contribution is -0.115. The molecule has 0 saturated carbocycles. The minimum atomic E-state index is -0.187. The lowest BCUT2D eigenvalue weighted by atomic mass is 10.1. The number of fused-ring (bicyclic) bond motifs is 1. The fourth-order valence-electron chi connectivity index (χ4n) is 3.37. The monoisotopic (exact) mass is 396 g/mol. The highest BCUT2D eigenvalue weighted by Gasteiger charge is 2.23. The van der Waals surface area contributed by atoms with Crippen LogP contribution in [0.2, 0.25) is 0 Å². The lowest BCUT2D eigenvalue weighted by Crippen LogP contribution is -2.44. The van der Waals surface area contributed by atoms with Gasteiger partial charge in [-0.05, 0) is 56.4 Å². The molecular formula is C21H24N4O2S. The Morgan fingerprint density at radius 2 is 1.82 bits per heavy atom. The van der Waals surface area contributed by atoms with Crippen molar-refractivity contribution in [2.75, 3.05) is 48.8 Å². The molecule has 6 nitrogen and oxygen atoms in total. The van der Waals surface area contributed by atoms with Crippen LogP contribution < -0.4 is 15.5 Å². The summed E-state index contributed by atoms with van der Waals surface area (Å²) >= 11 is 1.51. The molecule has 1 fully saturated rings. The fourth-order valence-corrected chi connectivity index (χ4v) is 4.30. The Balaban J connectivity index is 1.42. The van der Waals surface area contributed by atoms with Crippen molar-refractivity contribution >= 4 is 40.6 Å². The molecule has 2 N–H and O–H groups in total. The average Bonchev–Trinajstić information content (AvgIpc) is 2.70. The molecule has 2 heterocycles. The maximum absolute atomic E-state index is 12.6. The number of nitrogens with one attached hydrogen (secondary N) is 2. The summed E-state index contributed by atoms with van der Waals surface area (Å²) in [6.07, 6.45) is 0. The predicted octanol–water partition coefficient (Wildman–Crippen LogP) is 3.12. The van der Waals surface area contributed by atoms with Crippen LogP contribution in [0.5, 0.6) is 0 Å². The number of nitrogens with zero attached hydrogens (tertiary/aromatic N) is 2. The lowest BCUT2D eigenvalue weighted by Gasteiger charge is -2.34. The largest absolute Gasteiger partial charge is 0.369 e. The van der Waals surface area contributed by atoms with Gasteiger partial charge >= 0.3 is 0 Å². The zero-order chi connectivity index (χ0) is 19.7. The number of carbonyl (C=O) groups is 2. The second-order valence-electron chi connectivity index (χ2n) is 7.25. The van der Waals surface area contributed by atoms with Crippen LogP contribution in [0.3, 0.4) is 0 Å². The van der Waals surface area contributed by atoms with Crippen LogP contribution in [0.1, 0.15) is 17.3 Å². The molecule has 2 aromatic rings. The molecule has 2 aliphatic heterocycles. The molecule has 0 radical (unpaired) electrons. The van der Waals surface area contributed by atoms with E-state index in [0.29, 0.717) is 11.3 Å². The van der Waals surface area contributed by atoms with E-state index in [1.807, 2.05) is 37.3 Å². The van der Waals surface area contributed by atoms with Gasteiger partial charge in [0.1, 0.15) is 0 Å². The van der Waals surface area contributed by atoms with Crippen LogP contribution in [0, 0.1) is 0 Å². The molecule has 146 valence electrons. The number of likely N-dealkylation sites (N-methyl/N-ethyl adjacent to an activating group) is 1. The molecule has 1 unspecified atom stereocenters. The van der Waals surface area contributed by atoms with Crippen molar-refractivity contribution in [1.29, 1.82) is 0 Å². The normalized spacial score (nSPS) is 19.7. The standard InChI is InChI=1S/C21H24N4O2S/c1-14-20(26)23-18-13-15(3-8-19(18)28-14)21(27)22-16-4-6-17(7-5-16)25-11-9-24(2)10-12-25/h3-8,13-14H,9-12H2,1-2H3,(H,22,27)(H,23,26). The number of anilines is 3. The predicted molar refractivity (Wildman–Crippen MR) is 114 cm³/mol. The second kappa shape index (κ2) is 7.85. The van der Waals surface area contributed by atoms with Crippen molar-refractivity contribution in [3.05, 3.63) is 48.0 Å². The van der Waals surface area contributed by atoms with Crippen LogP contribution in [0.25, 0.3) is 0 Å². The minimum absolute atomic E-state index is 0.0328. The first kappa shape index (κ1) is 18.8. The third-order valence-electron chi connectivity index (χ3n) is 5.17. The van der Waals surface area contributed by atoms with Crippen LogP contribution in [-0.4, -0.2) is 55.2 Å². The number of benzene rings is 2. The van der Waals surface area contributed by atoms with E-state index in [1.54, 1.807) is 12.1 Å². The van der Waals surface area contributed by atoms with E-state index in [1.165, 1.54) is 17.4 Å². The smallest absolute Gasteiger partial charge is 0.255 e. The van der Waals surface area contributed by atoms with Gasteiger partial charge in [-0.1, -0.05) is 0 Å². The first-order valence-electron chi connectivity index (χ1n) is 9.46. The van der Waals surface area contributed by atoms with Gasteiger partial charge in [-0.2, -0.15) is 0 Å². The Bertz CT molecular complexity index is 892. The Morgan fingerprint density at radius 1 is 1.11 bits per heavy atom. The number of piperazine rings is 1. The molecular weight excluding hydrogens is 372 g/mol. The number of amides is 2. The van der Waals surface area contributed by atoms with Crippen molar-refractivity contribution in [3.8, 4) is 0 Å². The van der Waals surface area contributed by atoms with E-state index in [-0.39, 0.29) is 17.1 Å². The first-order valence-corrected chi connectivity index (χ1v) is 10.3. The zero-order valence-corrected chi connectivity index (χ0v) is 16.9. The van der Waals surface area contributed by atoms with Crippen molar-refractivity contribution in [3.63, 3.8) is 0 Å². The highest BCUT2D eigenvalue weighted by Crippen LogP contribution is 2.36. The van der Waals surface area contributed by atoms with Crippen LogP contribution in [0.4, 0.5) is 17.1 Å². The summed E-state index contributed by atoms with van der Waals surface area (Å²) in [5, 5.41) is 5.68. The number of thioether (sulfide) groups is 1. The summed E-state index contributed by atoms with van der Waals surface area (Å²) in [5.74, 6) is -0.220. The summed E-state index contributed by atoms with van der Waals surface area (Å²) in [5.41, 5.74) is 3.16. The van der Waals surface area contributed by atoms with Crippen molar-refractivity contribution < 1.29 is 9.59 Å². The highest BCUT2D eigenvalue weighted by molar-refractivity contribution is 8.00. The molecule has 4 rings (SSSR count). The zero-order valence-electron chi connectivity index (χ0n) is 16.1. The van der Waals surface area contributed by atoms with Gasteiger partial charge in [0.05, 0.1) is 10.9 Å². The second-order valence-corrected chi connectivity index (χ2v) is 8.63. The van der Waals surface area contributed by atoms with Gasteiger partial charge in [-0.25, -0.2) is 0 Å². The molecule has 2 amide bonds. The van der Waals surface area contributed by atoms with E-state index in [2.05, 4.69) is 27.5 Å². The average molecular weight is 397 g/mol. The molecule has 0 bridgehead atoms. The summed E-state index contributed by atoms with van der Waals surface area (Å²) in [4.78, 5) is 30.2. The number of carbonyl (C=O) groups excluding carboxylic acids is 2. The van der Waals surface area contributed by atoms with E-state index >= 15 is 0 Å². The summed E-state index contributed by atoms with van der Waals surface area (Å²) in [6, 6.07) is 13.4. The van der Waals surface area contributed by atoms with E-state index in [4.69, 9.17) is 0 Å². The molecule has 7 heteroatoms. The quantitative estimate of drug-likeness (QED) is 0.835. The number of hydrogen-bond donors (Lipinski definition) is 2. The van der Waals surface area contributed by atoms with Crippen molar-refractivity contribution in [2.24, 2.45) is 0 Å². The van der Waals surface area contributed by atoms with Gasteiger partial charge < -0.3 is 20.4 Å². The Morgan fingerprint density at radius 3 is 2.54 bits per heavy atom. The molecule has 0 aliphatic carbocycles. The van der Waals surface area contributed by atoms with Crippen LogP contribution in [0.15, 0.2) is 47.4 Å². The molecule has 1 atom stereocenters. The van der Waals surface area contributed by atoms with Gasteiger partial charge in [-0.3, -0.25) is 9.59 Å². The molecule has 2 aromatic carbocycles. The van der Waals surface area contributed by atoms with Crippen molar-refractivity contribution in [2.45, 2.75) is 17.1 Å². The Kier molecular flexibility index (Phi) is 5.28. The maximum Gasteiger partial charge on any atom is 0.255 e. The summed E-state index contributed by atoms with van der Waals surface area (Å²) < 4.78 is 0. The fraction of sp³-hybridized carbons (Fsp3) is 0.333. The first-order chi connectivity index (χ1) is 13.5. The van der Waals surface area contributed by atoms with Gasteiger partial charge in [0.25, 0.3) is 5.91 Å².